The molecule has 0 heterocycles. The van der Waals surface area contributed by atoms with Crippen LogP contribution < -0.4 is 5.32 Å². The van der Waals surface area contributed by atoms with E-state index in [0.717, 1.165) is 12.8 Å². The molecule has 3 nitrogen and oxygen atoms in total. The molecule has 0 bridgehead atoms. The summed E-state index contributed by atoms with van der Waals surface area (Å²) in [7, 11) is 0. The van der Waals surface area contributed by atoms with E-state index in [9.17, 15) is 4.79 Å². The van der Waals surface area contributed by atoms with Crippen LogP contribution in [0, 0.1) is 0 Å². The highest BCUT2D eigenvalue weighted by molar-refractivity contribution is 5.71. The van der Waals surface area contributed by atoms with Crippen molar-refractivity contribution in [2.75, 3.05) is 13.2 Å². The number of benzene rings is 1. The van der Waals surface area contributed by atoms with Crippen LogP contribution in [-0.2, 0) is 9.53 Å². The van der Waals surface area contributed by atoms with Gasteiger partial charge in [-0.2, -0.15) is 0 Å². The molecule has 0 radical (unpaired) electrons. The molecule has 19 heavy (non-hydrogen) atoms. The summed E-state index contributed by atoms with van der Waals surface area (Å²) in [4.78, 5) is 11.3. The van der Waals surface area contributed by atoms with Crippen molar-refractivity contribution in [3.05, 3.63) is 35.9 Å². The van der Waals surface area contributed by atoms with Crippen molar-refractivity contribution in [2.45, 2.75) is 44.6 Å². The van der Waals surface area contributed by atoms with E-state index in [1.165, 1.54) is 18.4 Å². The van der Waals surface area contributed by atoms with Gasteiger partial charge in [-0.05, 0) is 44.1 Å². The van der Waals surface area contributed by atoms with Crippen LogP contribution >= 0.6 is 0 Å². The van der Waals surface area contributed by atoms with Crippen molar-refractivity contribution >= 4 is 5.97 Å². The Morgan fingerprint density at radius 3 is 2.53 bits per heavy atom. The van der Waals surface area contributed by atoms with Gasteiger partial charge in [0, 0.05) is 6.04 Å². The predicted molar refractivity (Wildman–Crippen MR) is 76.1 cm³/mol. The third-order valence-corrected chi connectivity index (χ3v) is 3.84. The van der Waals surface area contributed by atoms with Gasteiger partial charge in [-0.15, -0.1) is 0 Å². The molecule has 0 aliphatic heterocycles. The first-order chi connectivity index (χ1) is 9.29. The largest absolute Gasteiger partial charge is 0.465 e. The number of esters is 1. The molecule has 1 saturated carbocycles. The first-order valence-corrected chi connectivity index (χ1v) is 7.23. The second-order valence-corrected chi connectivity index (χ2v) is 5.15. The van der Waals surface area contributed by atoms with Crippen molar-refractivity contribution in [3.8, 4) is 0 Å². The summed E-state index contributed by atoms with van der Waals surface area (Å²) in [6.45, 7) is 2.64. The van der Waals surface area contributed by atoms with Gasteiger partial charge >= 0.3 is 5.97 Å². The molecule has 1 fully saturated rings. The Labute approximate surface area is 115 Å². The van der Waals surface area contributed by atoms with E-state index in [4.69, 9.17) is 4.74 Å². The maximum atomic E-state index is 11.3. The van der Waals surface area contributed by atoms with Crippen LogP contribution in [0.25, 0.3) is 0 Å². The summed E-state index contributed by atoms with van der Waals surface area (Å²) in [6.07, 6.45) is 4.67. The highest BCUT2D eigenvalue weighted by Gasteiger charge is 2.22. The van der Waals surface area contributed by atoms with Gasteiger partial charge in [-0.3, -0.25) is 4.79 Å². The lowest BCUT2D eigenvalue weighted by Crippen LogP contribution is -2.36. The molecule has 0 spiro atoms. The molecule has 0 amide bonds. The Hall–Kier alpha value is -1.35. The quantitative estimate of drug-likeness (QED) is 0.828. The first-order valence-electron chi connectivity index (χ1n) is 7.23. The normalized spacial score (nSPS) is 23.0. The van der Waals surface area contributed by atoms with E-state index in [0.29, 0.717) is 25.1 Å². The fourth-order valence-corrected chi connectivity index (χ4v) is 2.80. The molecule has 3 heteroatoms. The number of carbonyl (C=O) groups excluding carboxylic acids is 1. The van der Waals surface area contributed by atoms with Gasteiger partial charge in [0.05, 0.1) is 13.2 Å². The lowest BCUT2D eigenvalue weighted by Gasteiger charge is -2.29. The van der Waals surface area contributed by atoms with Gasteiger partial charge in [0.2, 0.25) is 0 Å². The maximum absolute atomic E-state index is 11.3. The van der Waals surface area contributed by atoms with E-state index in [2.05, 4.69) is 35.6 Å². The third kappa shape index (κ3) is 4.35. The second kappa shape index (κ2) is 7.29. The number of rotatable bonds is 5. The summed E-state index contributed by atoms with van der Waals surface area (Å²) in [5.41, 5.74) is 1.45. The zero-order chi connectivity index (χ0) is 13.5. The van der Waals surface area contributed by atoms with Crippen molar-refractivity contribution < 1.29 is 9.53 Å². The zero-order valence-electron chi connectivity index (χ0n) is 11.6. The van der Waals surface area contributed by atoms with Gasteiger partial charge in [-0.25, -0.2) is 0 Å². The molecule has 0 aromatic heterocycles. The van der Waals surface area contributed by atoms with Crippen molar-refractivity contribution in [1.82, 2.24) is 5.32 Å². The number of carbonyl (C=O) groups is 1. The Bertz CT molecular complexity index is 383. The average molecular weight is 261 g/mol. The maximum Gasteiger partial charge on any atom is 0.319 e. The Morgan fingerprint density at radius 2 is 1.89 bits per heavy atom. The van der Waals surface area contributed by atoms with E-state index < -0.39 is 0 Å². The van der Waals surface area contributed by atoms with Crippen molar-refractivity contribution in [3.63, 3.8) is 0 Å². The van der Waals surface area contributed by atoms with Crippen LogP contribution in [0.15, 0.2) is 30.3 Å². The van der Waals surface area contributed by atoms with Gasteiger partial charge in [-0.1, -0.05) is 30.3 Å². The SMILES string of the molecule is CCOC(=O)CNC1CCC(c2ccccc2)CC1. The number of hydrogen-bond donors (Lipinski definition) is 1. The molecular weight excluding hydrogens is 238 g/mol. The minimum Gasteiger partial charge on any atom is -0.465 e. The molecule has 2 rings (SSSR count). The highest BCUT2D eigenvalue weighted by Crippen LogP contribution is 2.32. The fraction of sp³-hybridized carbons (Fsp3) is 0.562. The smallest absolute Gasteiger partial charge is 0.319 e. The van der Waals surface area contributed by atoms with E-state index >= 15 is 0 Å². The van der Waals surface area contributed by atoms with Gasteiger partial charge in [0.1, 0.15) is 0 Å². The number of nitrogens with one attached hydrogen (secondary N) is 1. The Morgan fingerprint density at radius 1 is 1.21 bits per heavy atom. The van der Waals surface area contributed by atoms with Gasteiger partial charge in [0.25, 0.3) is 0 Å². The monoisotopic (exact) mass is 261 g/mol. The second-order valence-electron chi connectivity index (χ2n) is 5.15. The van der Waals surface area contributed by atoms with Gasteiger partial charge < -0.3 is 10.1 Å². The third-order valence-electron chi connectivity index (χ3n) is 3.84. The van der Waals surface area contributed by atoms with Crippen LogP contribution in [0.3, 0.4) is 0 Å². The summed E-state index contributed by atoms with van der Waals surface area (Å²) < 4.78 is 4.92. The molecule has 1 aliphatic carbocycles. The van der Waals surface area contributed by atoms with E-state index in [1.807, 2.05) is 6.92 Å². The standard InChI is InChI=1S/C16H23NO2/c1-2-19-16(18)12-17-15-10-8-14(9-11-15)13-6-4-3-5-7-13/h3-7,14-15,17H,2,8-12H2,1H3. The molecular formula is C16H23NO2. The molecule has 1 N–H and O–H groups in total. The van der Waals surface area contributed by atoms with Crippen molar-refractivity contribution in [2.24, 2.45) is 0 Å². The molecule has 1 aromatic carbocycles. The van der Waals surface area contributed by atoms with Crippen molar-refractivity contribution in [1.29, 1.82) is 0 Å². The van der Waals surface area contributed by atoms with Crippen LogP contribution in [-0.4, -0.2) is 25.2 Å². The lowest BCUT2D eigenvalue weighted by atomic mass is 9.82. The number of ether oxygens (including phenoxy) is 1. The van der Waals surface area contributed by atoms with E-state index in [-0.39, 0.29) is 5.97 Å². The molecule has 1 aromatic rings. The summed E-state index contributed by atoms with van der Waals surface area (Å²) in [6, 6.07) is 11.2. The Kier molecular flexibility index (Phi) is 5.40. The minimum atomic E-state index is -0.146. The number of hydrogen-bond acceptors (Lipinski definition) is 3. The van der Waals surface area contributed by atoms with Crippen LogP contribution in [0.1, 0.15) is 44.1 Å². The molecule has 0 atom stereocenters. The predicted octanol–water partition coefficient (Wildman–Crippen LogP) is 2.87. The highest BCUT2D eigenvalue weighted by atomic mass is 16.5. The molecule has 0 saturated heterocycles. The lowest BCUT2D eigenvalue weighted by molar-refractivity contribution is -0.142. The van der Waals surface area contributed by atoms with Crippen LogP contribution in [0.5, 0.6) is 0 Å². The summed E-state index contributed by atoms with van der Waals surface area (Å²) in [5.74, 6) is 0.537. The average Bonchev–Trinajstić information content (AvgIpc) is 2.47. The van der Waals surface area contributed by atoms with Crippen LogP contribution in [0.2, 0.25) is 0 Å². The topological polar surface area (TPSA) is 38.3 Å². The zero-order valence-corrected chi connectivity index (χ0v) is 11.6. The molecule has 1 aliphatic rings. The first kappa shape index (κ1) is 14.1. The Balaban J connectivity index is 1.72. The van der Waals surface area contributed by atoms with E-state index in [1.54, 1.807) is 0 Å². The van der Waals surface area contributed by atoms with Gasteiger partial charge in [0.15, 0.2) is 0 Å². The molecule has 104 valence electrons. The summed E-state index contributed by atoms with van der Waals surface area (Å²) in [5, 5.41) is 3.30. The molecule has 0 unspecified atom stereocenters. The summed E-state index contributed by atoms with van der Waals surface area (Å²) >= 11 is 0. The fourth-order valence-electron chi connectivity index (χ4n) is 2.80. The minimum absolute atomic E-state index is 0.146. The van der Waals surface area contributed by atoms with Crippen LogP contribution in [0.4, 0.5) is 0 Å².